The van der Waals surface area contributed by atoms with Crippen LogP contribution in [0.2, 0.25) is 5.02 Å². The van der Waals surface area contributed by atoms with Crippen LogP contribution in [0.3, 0.4) is 0 Å². The number of hydrogen-bond donors (Lipinski definition) is 0. The molecule has 0 spiro atoms. The molecular formula is C14H16Cl2N2O. The van der Waals surface area contributed by atoms with Crippen LogP contribution >= 0.6 is 23.2 Å². The van der Waals surface area contributed by atoms with Gasteiger partial charge in [0.2, 0.25) is 0 Å². The number of rotatable bonds is 4. The van der Waals surface area contributed by atoms with Gasteiger partial charge in [0.05, 0.1) is 22.3 Å². The van der Waals surface area contributed by atoms with Crippen LogP contribution in [-0.2, 0) is 19.5 Å². The molecule has 0 N–H and O–H groups in total. The van der Waals surface area contributed by atoms with Crippen molar-refractivity contribution in [1.82, 2.24) is 9.78 Å². The van der Waals surface area contributed by atoms with Crippen molar-refractivity contribution in [2.45, 2.75) is 26.3 Å². The van der Waals surface area contributed by atoms with E-state index < -0.39 is 0 Å². The van der Waals surface area contributed by atoms with E-state index in [1.165, 1.54) is 0 Å². The van der Waals surface area contributed by atoms with E-state index in [4.69, 9.17) is 27.9 Å². The summed E-state index contributed by atoms with van der Waals surface area (Å²) < 4.78 is 7.64. The lowest BCUT2D eigenvalue weighted by atomic mass is 10.1. The normalized spacial score (nSPS) is 10.8. The van der Waals surface area contributed by atoms with E-state index in [-0.39, 0.29) is 0 Å². The highest BCUT2D eigenvalue weighted by atomic mass is 35.5. The maximum atomic E-state index is 6.20. The Morgan fingerprint density at radius 3 is 2.63 bits per heavy atom. The molecule has 5 heteroatoms. The second-order valence-corrected chi connectivity index (χ2v) is 5.10. The number of alkyl halides is 1. The minimum atomic E-state index is 0.380. The summed E-state index contributed by atoms with van der Waals surface area (Å²) in [5, 5.41) is 4.92. The number of aromatic nitrogens is 2. The molecule has 0 amide bonds. The number of ether oxygens (including phenoxy) is 1. The molecule has 0 radical (unpaired) electrons. The van der Waals surface area contributed by atoms with Gasteiger partial charge in [-0.15, -0.1) is 11.6 Å². The first kappa shape index (κ1) is 14.2. The summed E-state index contributed by atoms with van der Waals surface area (Å²) in [6.07, 6.45) is 0. The predicted molar refractivity (Wildman–Crippen MR) is 78.0 cm³/mol. The maximum absolute atomic E-state index is 6.20. The number of aryl methyl sites for hydroxylation is 3. The van der Waals surface area contributed by atoms with Crippen molar-refractivity contribution in [1.29, 1.82) is 0 Å². The van der Waals surface area contributed by atoms with Crippen molar-refractivity contribution in [3.63, 3.8) is 0 Å². The Morgan fingerprint density at radius 2 is 2.05 bits per heavy atom. The molecule has 2 aromatic rings. The van der Waals surface area contributed by atoms with Gasteiger partial charge in [-0.1, -0.05) is 29.8 Å². The first-order chi connectivity index (χ1) is 9.04. The fourth-order valence-corrected chi connectivity index (χ4v) is 2.43. The lowest BCUT2D eigenvalue weighted by Gasteiger charge is -2.13. The van der Waals surface area contributed by atoms with Crippen molar-refractivity contribution < 1.29 is 4.74 Å². The molecule has 102 valence electrons. The Balaban J connectivity index is 2.24. The summed E-state index contributed by atoms with van der Waals surface area (Å²) in [5.74, 6) is 1.25. The zero-order valence-corrected chi connectivity index (χ0v) is 12.7. The highest BCUT2D eigenvalue weighted by molar-refractivity contribution is 6.31. The summed E-state index contributed by atoms with van der Waals surface area (Å²) >= 11 is 12.1. The highest BCUT2D eigenvalue weighted by Gasteiger charge is 2.13. The van der Waals surface area contributed by atoms with Crippen LogP contribution in [0.25, 0.3) is 0 Å². The Bertz CT molecular complexity index is 593. The third kappa shape index (κ3) is 2.88. The van der Waals surface area contributed by atoms with Gasteiger partial charge in [-0.05, 0) is 19.4 Å². The molecule has 0 bridgehead atoms. The van der Waals surface area contributed by atoms with Gasteiger partial charge in [0, 0.05) is 12.6 Å². The van der Waals surface area contributed by atoms with Crippen molar-refractivity contribution in [3.8, 4) is 5.75 Å². The zero-order valence-electron chi connectivity index (χ0n) is 11.2. The van der Waals surface area contributed by atoms with Crippen LogP contribution in [0.5, 0.6) is 5.75 Å². The van der Waals surface area contributed by atoms with Crippen LogP contribution < -0.4 is 4.74 Å². The number of halogens is 2. The number of nitrogens with zero attached hydrogens (tertiary/aromatic N) is 2. The Hall–Kier alpha value is -1.19. The van der Waals surface area contributed by atoms with Gasteiger partial charge in [-0.2, -0.15) is 5.10 Å². The lowest BCUT2D eigenvalue weighted by molar-refractivity contribution is 0.291. The molecule has 0 aliphatic rings. The van der Waals surface area contributed by atoms with Gasteiger partial charge >= 0.3 is 0 Å². The molecule has 1 aromatic heterocycles. The maximum Gasteiger partial charge on any atom is 0.131 e. The van der Waals surface area contributed by atoms with E-state index in [2.05, 4.69) is 5.10 Å². The van der Waals surface area contributed by atoms with E-state index in [1.807, 2.05) is 39.1 Å². The first-order valence-corrected chi connectivity index (χ1v) is 6.91. The fraction of sp³-hybridized carbons (Fsp3) is 0.357. The van der Waals surface area contributed by atoms with Crippen LogP contribution in [0.4, 0.5) is 0 Å². The minimum Gasteiger partial charge on any atom is -0.487 e. The second-order valence-electron chi connectivity index (χ2n) is 4.46. The van der Waals surface area contributed by atoms with Crippen molar-refractivity contribution >= 4 is 23.2 Å². The van der Waals surface area contributed by atoms with Gasteiger partial charge < -0.3 is 4.74 Å². The summed E-state index contributed by atoms with van der Waals surface area (Å²) in [4.78, 5) is 0. The van der Waals surface area contributed by atoms with E-state index in [0.717, 1.165) is 28.3 Å². The van der Waals surface area contributed by atoms with E-state index in [1.54, 1.807) is 4.68 Å². The van der Waals surface area contributed by atoms with Gasteiger partial charge in [-0.25, -0.2) is 0 Å². The lowest BCUT2D eigenvalue weighted by Crippen LogP contribution is -2.05. The molecule has 0 fully saturated rings. The Labute approximate surface area is 123 Å². The SMILES string of the molecule is Cc1cccc(CCl)c1OCc1c(Cl)c(C)nn1C. The molecule has 3 nitrogen and oxygen atoms in total. The minimum absolute atomic E-state index is 0.380. The van der Waals surface area contributed by atoms with Gasteiger partial charge in [0.15, 0.2) is 0 Å². The molecule has 1 heterocycles. The molecular weight excluding hydrogens is 283 g/mol. The van der Waals surface area contributed by atoms with Gasteiger partial charge in [-0.3, -0.25) is 4.68 Å². The number of para-hydroxylation sites is 1. The zero-order chi connectivity index (χ0) is 14.0. The Morgan fingerprint density at radius 1 is 1.32 bits per heavy atom. The van der Waals surface area contributed by atoms with Crippen LogP contribution in [0.15, 0.2) is 18.2 Å². The highest BCUT2D eigenvalue weighted by Crippen LogP contribution is 2.27. The quantitative estimate of drug-likeness (QED) is 0.798. The van der Waals surface area contributed by atoms with Crippen molar-refractivity contribution in [2.24, 2.45) is 7.05 Å². The molecule has 0 saturated heterocycles. The topological polar surface area (TPSA) is 27.1 Å². The van der Waals surface area contributed by atoms with Crippen LogP contribution in [-0.4, -0.2) is 9.78 Å². The smallest absolute Gasteiger partial charge is 0.131 e. The van der Waals surface area contributed by atoms with Crippen molar-refractivity contribution in [2.75, 3.05) is 0 Å². The molecule has 1 aromatic carbocycles. The molecule has 0 aliphatic carbocycles. The summed E-state index contributed by atoms with van der Waals surface area (Å²) in [5.41, 5.74) is 3.72. The second kappa shape index (κ2) is 5.85. The molecule has 19 heavy (non-hydrogen) atoms. The van der Waals surface area contributed by atoms with Crippen LogP contribution in [0.1, 0.15) is 22.5 Å². The van der Waals surface area contributed by atoms with E-state index in [0.29, 0.717) is 17.5 Å². The molecule has 0 unspecified atom stereocenters. The average molecular weight is 299 g/mol. The Kier molecular flexibility index (Phi) is 4.38. The van der Waals surface area contributed by atoms with Crippen LogP contribution in [0, 0.1) is 13.8 Å². The number of benzene rings is 1. The monoisotopic (exact) mass is 298 g/mol. The predicted octanol–water partition coefficient (Wildman–Crippen LogP) is 4.01. The van der Waals surface area contributed by atoms with Crippen molar-refractivity contribution in [3.05, 3.63) is 45.7 Å². The molecule has 0 atom stereocenters. The first-order valence-electron chi connectivity index (χ1n) is 5.99. The summed E-state index contributed by atoms with van der Waals surface area (Å²) in [7, 11) is 1.86. The third-order valence-electron chi connectivity index (χ3n) is 3.05. The van der Waals surface area contributed by atoms with E-state index >= 15 is 0 Å². The third-order valence-corrected chi connectivity index (χ3v) is 3.83. The fourth-order valence-electron chi connectivity index (χ4n) is 2.00. The molecule has 2 rings (SSSR count). The summed E-state index contributed by atoms with van der Waals surface area (Å²) in [6, 6.07) is 5.94. The van der Waals surface area contributed by atoms with Gasteiger partial charge in [0.25, 0.3) is 0 Å². The molecule has 0 saturated carbocycles. The van der Waals surface area contributed by atoms with Gasteiger partial charge in [0.1, 0.15) is 12.4 Å². The molecule has 0 aliphatic heterocycles. The number of hydrogen-bond acceptors (Lipinski definition) is 2. The summed E-state index contributed by atoms with van der Waals surface area (Å²) in [6.45, 7) is 4.26. The largest absolute Gasteiger partial charge is 0.487 e. The van der Waals surface area contributed by atoms with E-state index in [9.17, 15) is 0 Å². The average Bonchev–Trinajstić information content (AvgIpc) is 2.62. The standard InChI is InChI=1S/C14H16Cl2N2O/c1-9-5-4-6-11(7-15)14(9)19-8-12-13(16)10(2)17-18(12)3/h4-6H,7-8H2,1-3H3.